The van der Waals surface area contributed by atoms with E-state index in [0.29, 0.717) is 10.0 Å². The summed E-state index contributed by atoms with van der Waals surface area (Å²) in [4.78, 5) is 15.0. The van der Waals surface area contributed by atoms with Gasteiger partial charge in [0.1, 0.15) is 11.3 Å². The van der Waals surface area contributed by atoms with Crippen molar-refractivity contribution in [2.45, 2.75) is 0 Å². The molecule has 2 rings (SSSR count). The van der Waals surface area contributed by atoms with Gasteiger partial charge >= 0.3 is 5.97 Å². The lowest BCUT2D eigenvalue weighted by Gasteiger charge is -2.08. The van der Waals surface area contributed by atoms with Gasteiger partial charge in [0.25, 0.3) is 0 Å². The third-order valence-corrected chi connectivity index (χ3v) is 2.74. The van der Waals surface area contributed by atoms with E-state index in [1.807, 2.05) is 6.07 Å². The van der Waals surface area contributed by atoms with E-state index in [4.69, 9.17) is 15.1 Å². The highest BCUT2D eigenvalue weighted by Gasteiger charge is 2.13. The van der Waals surface area contributed by atoms with Crippen molar-refractivity contribution in [3.8, 4) is 17.7 Å². The lowest BCUT2D eigenvalue weighted by molar-refractivity contribution is 0.0694. The number of carbonyl (C=O) groups is 1. The van der Waals surface area contributed by atoms with Crippen LogP contribution in [0.15, 0.2) is 41.0 Å². The van der Waals surface area contributed by atoms with Gasteiger partial charge in [0.05, 0.1) is 11.6 Å². The highest BCUT2D eigenvalue weighted by atomic mass is 79.9. The van der Waals surface area contributed by atoms with E-state index < -0.39 is 5.97 Å². The maximum atomic E-state index is 11.1. The second-order valence-corrected chi connectivity index (χ2v) is 4.46. The fraction of sp³-hybridized carbons (Fsp3) is 0. The topological polar surface area (TPSA) is 83.2 Å². The molecule has 0 unspecified atom stereocenters. The van der Waals surface area contributed by atoms with Gasteiger partial charge in [-0.3, -0.25) is 0 Å². The van der Waals surface area contributed by atoms with Crippen LogP contribution in [0.3, 0.4) is 0 Å². The molecule has 1 aromatic heterocycles. The number of ether oxygens (including phenoxy) is 1. The Morgan fingerprint density at radius 3 is 2.84 bits per heavy atom. The number of carboxylic acids is 1. The predicted molar refractivity (Wildman–Crippen MR) is 70.1 cm³/mol. The summed E-state index contributed by atoms with van der Waals surface area (Å²) in [6.07, 6.45) is 1.42. The monoisotopic (exact) mass is 318 g/mol. The Morgan fingerprint density at radius 2 is 2.16 bits per heavy atom. The third kappa shape index (κ3) is 3.09. The molecule has 0 fully saturated rings. The average Bonchev–Trinajstić information content (AvgIpc) is 2.41. The molecule has 5 nitrogen and oxygen atoms in total. The van der Waals surface area contributed by atoms with E-state index in [-0.39, 0.29) is 17.2 Å². The average molecular weight is 319 g/mol. The number of hydrogen-bond acceptors (Lipinski definition) is 4. The summed E-state index contributed by atoms with van der Waals surface area (Å²) >= 11 is 3.20. The molecule has 19 heavy (non-hydrogen) atoms. The smallest absolute Gasteiger partial charge is 0.339 e. The van der Waals surface area contributed by atoms with Crippen molar-refractivity contribution in [2.24, 2.45) is 0 Å². The van der Waals surface area contributed by atoms with Crippen molar-refractivity contribution in [1.29, 1.82) is 5.26 Å². The molecule has 0 aliphatic heterocycles. The second kappa shape index (κ2) is 5.50. The van der Waals surface area contributed by atoms with Crippen molar-refractivity contribution >= 4 is 21.9 Å². The largest absolute Gasteiger partial charge is 0.478 e. The zero-order chi connectivity index (χ0) is 13.8. The molecule has 0 spiro atoms. The molecular weight excluding hydrogens is 312 g/mol. The first-order chi connectivity index (χ1) is 9.10. The van der Waals surface area contributed by atoms with Crippen LogP contribution in [-0.2, 0) is 0 Å². The number of carboxylic acid groups (broad SMARTS) is 1. The van der Waals surface area contributed by atoms with Crippen LogP contribution in [-0.4, -0.2) is 16.1 Å². The zero-order valence-corrected chi connectivity index (χ0v) is 11.1. The maximum absolute atomic E-state index is 11.1. The SMILES string of the molecule is N#Cc1ccnc(Oc2ccc(Br)cc2C(=O)O)c1. The molecule has 0 aliphatic rings. The van der Waals surface area contributed by atoms with Crippen LogP contribution in [0.5, 0.6) is 11.6 Å². The molecule has 0 bridgehead atoms. The van der Waals surface area contributed by atoms with Gasteiger partial charge in [-0.25, -0.2) is 9.78 Å². The number of hydrogen-bond donors (Lipinski definition) is 1. The van der Waals surface area contributed by atoms with E-state index in [1.54, 1.807) is 6.07 Å². The molecule has 94 valence electrons. The quantitative estimate of drug-likeness (QED) is 0.939. The van der Waals surface area contributed by atoms with Crippen LogP contribution in [0.25, 0.3) is 0 Å². The molecule has 0 aliphatic carbocycles. The van der Waals surface area contributed by atoms with Crippen LogP contribution >= 0.6 is 15.9 Å². The number of aromatic nitrogens is 1. The molecule has 1 N–H and O–H groups in total. The fourth-order valence-corrected chi connectivity index (χ4v) is 1.77. The standard InChI is InChI=1S/C13H7BrN2O3/c14-9-1-2-11(10(6-9)13(17)18)19-12-5-8(7-15)3-4-16-12/h1-6H,(H,17,18). The molecule has 0 saturated carbocycles. The Balaban J connectivity index is 2.38. The molecule has 0 radical (unpaired) electrons. The lowest BCUT2D eigenvalue weighted by atomic mass is 10.2. The Hall–Kier alpha value is -2.39. The number of rotatable bonds is 3. The minimum absolute atomic E-state index is 0.0125. The van der Waals surface area contributed by atoms with Crippen molar-refractivity contribution in [3.05, 3.63) is 52.1 Å². The van der Waals surface area contributed by atoms with E-state index in [1.165, 1.54) is 30.5 Å². The van der Waals surface area contributed by atoms with E-state index in [0.717, 1.165) is 0 Å². The van der Waals surface area contributed by atoms with Gasteiger partial charge in [-0.1, -0.05) is 15.9 Å². The molecule has 1 heterocycles. The summed E-state index contributed by atoms with van der Waals surface area (Å²) < 4.78 is 6.04. The minimum Gasteiger partial charge on any atom is -0.478 e. The van der Waals surface area contributed by atoms with Gasteiger partial charge in [-0.15, -0.1) is 0 Å². The Labute approximate surface area is 117 Å². The van der Waals surface area contributed by atoms with Crippen molar-refractivity contribution in [1.82, 2.24) is 4.98 Å². The third-order valence-electron chi connectivity index (χ3n) is 2.25. The van der Waals surface area contributed by atoms with Crippen LogP contribution in [0.4, 0.5) is 0 Å². The Bertz CT molecular complexity index is 680. The van der Waals surface area contributed by atoms with Gasteiger partial charge in [-0.2, -0.15) is 5.26 Å². The summed E-state index contributed by atoms with van der Waals surface area (Å²) in [5.74, 6) is -0.769. The summed E-state index contributed by atoms with van der Waals surface area (Å²) in [5, 5.41) is 17.9. The number of benzene rings is 1. The van der Waals surface area contributed by atoms with Crippen LogP contribution in [0.2, 0.25) is 0 Å². The van der Waals surface area contributed by atoms with Gasteiger partial charge in [0.15, 0.2) is 0 Å². The highest BCUT2D eigenvalue weighted by Crippen LogP contribution is 2.27. The van der Waals surface area contributed by atoms with E-state index in [2.05, 4.69) is 20.9 Å². The van der Waals surface area contributed by atoms with Crippen molar-refractivity contribution in [2.75, 3.05) is 0 Å². The lowest BCUT2D eigenvalue weighted by Crippen LogP contribution is -2.00. The van der Waals surface area contributed by atoms with E-state index in [9.17, 15) is 4.79 Å². The molecule has 1 aromatic carbocycles. The summed E-state index contributed by atoms with van der Waals surface area (Å²) in [6.45, 7) is 0. The number of nitriles is 1. The van der Waals surface area contributed by atoms with Gasteiger partial charge in [-0.05, 0) is 24.3 Å². The molecule has 0 saturated heterocycles. The van der Waals surface area contributed by atoms with Gasteiger partial charge < -0.3 is 9.84 Å². The summed E-state index contributed by atoms with van der Waals surface area (Å²) in [6, 6.07) is 9.55. The first-order valence-electron chi connectivity index (χ1n) is 5.17. The van der Waals surface area contributed by atoms with E-state index >= 15 is 0 Å². The number of aromatic carboxylic acids is 1. The number of pyridine rings is 1. The summed E-state index contributed by atoms with van der Waals surface area (Å²) in [5.41, 5.74) is 0.400. The van der Waals surface area contributed by atoms with Crippen LogP contribution in [0.1, 0.15) is 15.9 Å². The van der Waals surface area contributed by atoms with Crippen LogP contribution < -0.4 is 4.74 Å². The molecule has 0 atom stereocenters. The summed E-state index contributed by atoms with van der Waals surface area (Å²) in [7, 11) is 0. The molecule has 0 amide bonds. The first-order valence-corrected chi connectivity index (χ1v) is 5.96. The minimum atomic E-state index is -1.10. The molecule has 2 aromatic rings. The molecular formula is C13H7BrN2O3. The van der Waals surface area contributed by atoms with Crippen LogP contribution in [0, 0.1) is 11.3 Å². The number of nitrogens with zero attached hydrogens (tertiary/aromatic N) is 2. The second-order valence-electron chi connectivity index (χ2n) is 3.54. The molecule has 6 heteroatoms. The normalized spacial score (nSPS) is 9.68. The first kappa shape index (κ1) is 13.1. The Morgan fingerprint density at radius 1 is 1.37 bits per heavy atom. The highest BCUT2D eigenvalue weighted by molar-refractivity contribution is 9.10. The maximum Gasteiger partial charge on any atom is 0.339 e. The Kier molecular flexibility index (Phi) is 3.78. The fourth-order valence-electron chi connectivity index (χ4n) is 1.41. The van der Waals surface area contributed by atoms with Gasteiger partial charge in [0.2, 0.25) is 5.88 Å². The zero-order valence-electron chi connectivity index (χ0n) is 9.50. The predicted octanol–water partition coefficient (Wildman–Crippen LogP) is 3.21. The number of halogens is 1. The van der Waals surface area contributed by atoms with Crippen molar-refractivity contribution < 1.29 is 14.6 Å². The van der Waals surface area contributed by atoms with Gasteiger partial charge in [0, 0.05) is 16.7 Å². The van der Waals surface area contributed by atoms with Crippen molar-refractivity contribution in [3.63, 3.8) is 0 Å².